The molecule has 0 aliphatic carbocycles. The highest BCUT2D eigenvalue weighted by atomic mass is 16.6. The average Bonchev–Trinajstić information content (AvgIpc) is 2.32. The topological polar surface area (TPSA) is 59.0 Å². The summed E-state index contributed by atoms with van der Waals surface area (Å²) < 4.78 is 11.0. The normalized spacial score (nSPS) is 19.3. The van der Waals surface area contributed by atoms with Gasteiger partial charge >= 0.3 is 5.97 Å². The summed E-state index contributed by atoms with van der Waals surface area (Å²) in [6, 6.07) is 5.89. The highest BCUT2D eigenvalue weighted by Crippen LogP contribution is 2.31. The Balaban J connectivity index is 1.62. The van der Waals surface area contributed by atoms with E-state index in [4.69, 9.17) is 14.6 Å². The molecule has 1 fully saturated rings. The van der Waals surface area contributed by atoms with Gasteiger partial charge in [-0.3, -0.25) is 9.69 Å². The number of ether oxygens (including phenoxy) is 2. The van der Waals surface area contributed by atoms with Gasteiger partial charge in [-0.2, -0.15) is 0 Å². The summed E-state index contributed by atoms with van der Waals surface area (Å²) in [5, 5.41) is 8.81. The van der Waals surface area contributed by atoms with E-state index in [1.807, 2.05) is 18.2 Å². The lowest BCUT2D eigenvalue weighted by atomic mass is 9.99. The monoisotopic (exact) mass is 249 g/mol. The van der Waals surface area contributed by atoms with E-state index in [0.717, 1.165) is 23.6 Å². The summed E-state index contributed by atoms with van der Waals surface area (Å²) in [4.78, 5) is 12.8. The molecule has 0 unspecified atom stereocenters. The Morgan fingerprint density at radius 1 is 1.28 bits per heavy atom. The predicted octanol–water partition coefficient (Wildman–Crippen LogP) is 0.974. The van der Waals surface area contributed by atoms with Crippen molar-refractivity contribution in [3.63, 3.8) is 0 Å². The fourth-order valence-electron chi connectivity index (χ4n) is 2.30. The zero-order valence-corrected chi connectivity index (χ0v) is 9.96. The lowest BCUT2D eigenvalue weighted by Gasteiger charge is -2.36. The minimum absolute atomic E-state index is 0.206. The molecule has 3 rings (SSSR count). The lowest BCUT2D eigenvalue weighted by Crippen LogP contribution is -2.49. The standard InChI is InChI=1S/C13H15NO4/c15-13(16)10-7-14(8-10)6-9-1-2-11-12(5-9)18-4-3-17-11/h1-2,5,10H,3-4,6-8H2,(H,15,16). The van der Waals surface area contributed by atoms with E-state index in [1.54, 1.807) is 0 Å². The van der Waals surface area contributed by atoms with Gasteiger partial charge < -0.3 is 14.6 Å². The van der Waals surface area contributed by atoms with Crippen molar-refractivity contribution >= 4 is 5.97 Å². The second-order valence-electron chi connectivity index (χ2n) is 4.71. The fraction of sp³-hybridized carbons (Fsp3) is 0.462. The van der Waals surface area contributed by atoms with Crippen molar-refractivity contribution in [2.24, 2.45) is 5.92 Å². The van der Waals surface area contributed by atoms with Crippen LogP contribution in [0.25, 0.3) is 0 Å². The van der Waals surface area contributed by atoms with Gasteiger partial charge in [0.25, 0.3) is 0 Å². The molecular formula is C13H15NO4. The molecule has 0 aromatic heterocycles. The maximum absolute atomic E-state index is 10.7. The van der Waals surface area contributed by atoms with Crippen molar-refractivity contribution in [3.8, 4) is 11.5 Å². The smallest absolute Gasteiger partial charge is 0.309 e. The number of nitrogens with zero attached hydrogens (tertiary/aromatic N) is 1. The van der Waals surface area contributed by atoms with E-state index in [2.05, 4.69) is 4.90 Å². The zero-order valence-electron chi connectivity index (χ0n) is 9.96. The molecule has 0 atom stereocenters. The maximum atomic E-state index is 10.7. The summed E-state index contributed by atoms with van der Waals surface area (Å²) >= 11 is 0. The number of likely N-dealkylation sites (tertiary alicyclic amines) is 1. The van der Waals surface area contributed by atoms with Crippen LogP contribution in [0.2, 0.25) is 0 Å². The molecule has 0 bridgehead atoms. The number of carbonyl (C=O) groups is 1. The molecule has 0 spiro atoms. The Bertz CT molecular complexity index is 468. The van der Waals surface area contributed by atoms with Gasteiger partial charge in [0, 0.05) is 19.6 Å². The first-order valence-electron chi connectivity index (χ1n) is 6.06. The molecule has 0 saturated carbocycles. The first-order valence-corrected chi connectivity index (χ1v) is 6.06. The first kappa shape index (κ1) is 11.3. The van der Waals surface area contributed by atoms with Crippen molar-refractivity contribution in [2.45, 2.75) is 6.54 Å². The summed E-state index contributed by atoms with van der Waals surface area (Å²) in [5.41, 5.74) is 1.13. The van der Waals surface area contributed by atoms with Gasteiger partial charge in [-0.15, -0.1) is 0 Å². The third-order valence-electron chi connectivity index (χ3n) is 3.32. The van der Waals surface area contributed by atoms with E-state index in [1.165, 1.54) is 0 Å². The summed E-state index contributed by atoms with van der Waals surface area (Å²) in [6.07, 6.45) is 0. The number of carboxylic acids is 1. The third kappa shape index (κ3) is 2.13. The SMILES string of the molecule is O=C(O)C1CN(Cc2ccc3c(c2)OCCO3)C1. The van der Waals surface area contributed by atoms with Gasteiger partial charge in [-0.05, 0) is 17.7 Å². The van der Waals surface area contributed by atoms with E-state index in [9.17, 15) is 4.79 Å². The molecule has 2 aliphatic heterocycles. The Kier molecular flexibility index (Phi) is 2.83. The van der Waals surface area contributed by atoms with Crippen LogP contribution in [0.4, 0.5) is 0 Å². The van der Waals surface area contributed by atoms with Gasteiger partial charge in [0.05, 0.1) is 5.92 Å². The van der Waals surface area contributed by atoms with Crippen LogP contribution in [0.1, 0.15) is 5.56 Å². The Hall–Kier alpha value is -1.75. The molecule has 1 N–H and O–H groups in total. The van der Waals surface area contributed by atoms with Crippen molar-refractivity contribution in [1.29, 1.82) is 0 Å². The van der Waals surface area contributed by atoms with E-state index >= 15 is 0 Å². The number of rotatable bonds is 3. The molecule has 2 heterocycles. The van der Waals surface area contributed by atoms with E-state index < -0.39 is 5.97 Å². The van der Waals surface area contributed by atoms with Crippen LogP contribution in [-0.4, -0.2) is 42.3 Å². The van der Waals surface area contributed by atoms with Crippen LogP contribution in [0.15, 0.2) is 18.2 Å². The van der Waals surface area contributed by atoms with Gasteiger partial charge in [0.15, 0.2) is 11.5 Å². The summed E-state index contributed by atoms with van der Waals surface area (Å²) in [6.45, 7) is 3.20. The molecule has 0 radical (unpaired) electrons. The molecule has 1 aromatic rings. The van der Waals surface area contributed by atoms with Crippen molar-refractivity contribution < 1.29 is 19.4 Å². The summed E-state index contributed by atoms with van der Waals surface area (Å²) in [5.74, 6) is 0.668. The number of hydrogen-bond acceptors (Lipinski definition) is 4. The minimum Gasteiger partial charge on any atom is -0.486 e. The lowest BCUT2D eigenvalue weighted by molar-refractivity contribution is -0.147. The third-order valence-corrected chi connectivity index (χ3v) is 3.32. The second-order valence-corrected chi connectivity index (χ2v) is 4.71. The van der Waals surface area contributed by atoms with Gasteiger partial charge in [-0.1, -0.05) is 6.07 Å². The second kappa shape index (κ2) is 4.49. The average molecular weight is 249 g/mol. The van der Waals surface area contributed by atoms with Crippen LogP contribution in [0, 0.1) is 5.92 Å². The van der Waals surface area contributed by atoms with Crippen LogP contribution in [0.3, 0.4) is 0 Å². The fourth-order valence-corrected chi connectivity index (χ4v) is 2.30. The maximum Gasteiger partial charge on any atom is 0.309 e. The highest BCUT2D eigenvalue weighted by molar-refractivity contribution is 5.71. The molecular weight excluding hydrogens is 234 g/mol. The van der Waals surface area contributed by atoms with Crippen LogP contribution < -0.4 is 9.47 Å². The van der Waals surface area contributed by atoms with E-state index in [0.29, 0.717) is 26.3 Å². The number of aliphatic carboxylic acids is 1. The van der Waals surface area contributed by atoms with E-state index in [-0.39, 0.29) is 5.92 Å². The van der Waals surface area contributed by atoms with Crippen molar-refractivity contribution in [2.75, 3.05) is 26.3 Å². The van der Waals surface area contributed by atoms with Crippen molar-refractivity contribution in [3.05, 3.63) is 23.8 Å². The minimum atomic E-state index is -0.701. The van der Waals surface area contributed by atoms with Crippen LogP contribution in [0.5, 0.6) is 11.5 Å². The zero-order chi connectivity index (χ0) is 12.5. The molecule has 5 heteroatoms. The van der Waals surface area contributed by atoms with Crippen LogP contribution in [-0.2, 0) is 11.3 Å². The van der Waals surface area contributed by atoms with Gasteiger partial charge in [0.2, 0.25) is 0 Å². The number of carboxylic acid groups (broad SMARTS) is 1. The number of fused-ring (bicyclic) bond motifs is 1. The molecule has 5 nitrogen and oxygen atoms in total. The summed E-state index contributed by atoms with van der Waals surface area (Å²) in [7, 11) is 0. The first-order chi connectivity index (χ1) is 8.72. The molecule has 1 aromatic carbocycles. The Morgan fingerprint density at radius 3 is 2.72 bits per heavy atom. The van der Waals surface area contributed by atoms with Gasteiger partial charge in [-0.25, -0.2) is 0 Å². The number of benzene rings is 1. The Morgan fingerprint density at radius 2 is 2.00 bits per heavy atom. The molecule has 18 heavy (non-hydrogen) atoms. The number of hydrogen-bond donors (Lipinski definition) is 1. The molecule has 0 amide bonds. The molecule has 2 aliphatic rings. The highest BCUT2D eigenvalue weighted by Gasteiger charge is 2.32. The Labute approximate surface area is 105 Å². The van der Waals surface area contributed by atoms with Crippen molar-refractivity contribution in [1.82, 2.24) is 4.90 Å². The van der Waals surface area contributed by atoms with Gasteiger partial charge in [0.1, 0.15) is 13.2 Å². The predicted molar refractivity (Wildman–Crippen MR) is 63.8 cm³/mol. The molecule has 96 valence electrons. The van der Waals surface area contributed by atoms with Crippen LogP contribution >= 0.6 is 0 Å². The quantitative estimate of drug-likeness (QED) is 0.865. The largest absolute Gasteiger partial charge is 0.486 e. The molecule has 1 saturated heterocycles.